The fraction of sp³-hybridized carbons (Fsp3) is 0.571. The number of amides is 1. The Hall–Kier alpha value is -2.18. The Morgan fingerprint density at radius 3 is 2.67 bits per heavy atom. The Morgan fingerprint density at radius 2 is 2.05 bits per heavy atom. The average Bonchev–Trinajstić information content (AvgIpc) is 2.44. The zero-order valence-corrected chi connectivity index (χ0v) is 12.0. The van der Waals surface area contributed by atoms with Gasteiger partial charge in [0.1, 0.15) is 6.54 Å². The fourth-order valence-electron chi connectivity index (χ4n) is 2.66. The first kappa shape index (κ1) is 15.2. The molecule has 1 aliphatic rings. The topological polar surface area (TPSA) is 94.2 Å². The fourth-order valence-corrected chi connectivity index (χ4v) is 2.66. The number of nitro groups is 1. The predicted octanol–water partition coefficient (Wildman–Crippen LogP) is 1.51. The van der Waals surface area contributed by atoms with E-state index in [0.717, 1.165) is 30.3 Å². The van der Waals surface area contributed by atoms with Gasteiger partial charge in [0.15, 0.2) is 0 Å². The van der Waals surface area contributed by atoms with Crippen molar-refractivity contribution in [2.45, 2.75) is 51.6 Å². The lowest BCUT2D eigenvalue weighted by Gasteiger charge is -2.23. The monoisotopic (exact) mass is 293 g/mol. The highest BCUT2D eigenvalue weighted by atomic mass is 16.6. The molecule has 0 atom stereocenters. The van der Waals surface area contributed by atoms with Crippen LogP contribution in [0.1, 0.15) is 37.8 Å². The standard InChI is InChI=1S/C14H19N3O4/c1-10-7-8-12(17(20)21)14(19)16(10)9-13(18)15-11-5-3-2-4-6-11/h7-8,11H,2-6,9H2,1H3,(H,15,18). The van der Waals surface area contributed by atoms with Crippen LogP contribution in [0.2, 0.25) is 0 Å². The maximum absolute atomic E-state index is 12.0. The quantitative estimate of drug-likeness (QED) is 0.672. The maximum Gasteiger partial charge on any atom is 0.334 e. The van der Waals surface area contributed by atoms with Gasteiger partial charge < -0.3 is 5.32 Å². The number of nitrogens with one attached hydrogen (secondary N) is 1. The molecule has 0 radical (unpaired) electrons. The van der Waals surface area contributed by atoms with Crippen molar-refractivity contribution in [3.63, 3.8) is 0 Å². The van der Waals surface area contributed by atoms with E-state index in [1.165, 1.54) is 18.6 Å². The molecule has 0 bridgehead atoms. The van der Waals surface area contributed by atoms with Gasteiger partial charge >= 0.3 is 11.2 Å². The van der Waals surface area contributed by atoms with Crippen molar-refractivity contribution < 1.29 is 9.72 Å². The van der Waals surface area contributed by atoms with Gasteiger partial charge in [-0.25, -0.2) is 0 Å². The van der Waals surface area contributed by atoms with Gasteiger partial charge in [0.05, 0.1) is 4.92 Å². The molecule has 1 aliphatic carbocycles. The van der Waals surface area contributed by atoms with Crippen LogP contribution in [0.15, 0.2) is 16.9 Å². The Labute approximate surface area is 122 Å². The molecule has 1 heterocycles. The Bertz CT molecular complexity index is 603. The van der Waals surface area contributed by atoms with Gasteiger partial charge in [0.25, 0.3) is 0 Å². The van der Waals surface area contributed by atoms with Crippen molar-refractivity contribution in [3.05, 3.63) is 38.3 Å². The third-order valence-electron chi connectivity index (χ3n) is 3.84. The number of rotatable bonds is 4. The molecule has 7 nitrogen and oxygen atoms in total. The third-order valence-corrected chi connectivity index (χ3v) is 3.84. The Balaban J connectivity index is 2.11. The molecule has 0 unspecified atom stereocenters. The molecule has 1 fully saturated rings. The minimum atomic E-state index is -0.737. The molecule has 1 saturated carbocycles. The Kier molecular flexibility index (Phi) is 4.72. The van der Waals surface area contributed by atoms with Crippen molar-refractivity contribution in [2.75, 3.05) is 0 Å². The number of carbonyl (C=O) groups is 1. The van der Waals surface area contributed by atoms with Crippen LogP contribution in [0.25, 0.3) is 0 Å². The minimum absolute atomic E-state index is 0.154. The van der Waals surface area contributed by atoms with Gasteiger partial charge in [-0.2, -0.15) is 0 Å². The second kappa shape index (κ2) is 6.51. The number of nitrogens with zero attached hydrogens (tertiary/aromatic N) is 2. The van der Waals surface area contributed by atoms with Crippen LogP contribution in [-0.4, -0.2) is 21.4 Å². The largest absolute Gasteiger partial charge is 0.352 e. The SMILES string of the molecule is Cc1ccc([N+](=O)[O-])c(=O)n1CC(=O)NC1CCCCC1. The van der Waals surface area contributed by atoms with Crippen LogP contribution in [0.3, 0.4) is 0 Å². The maximum atomic E-state index is 12.0. The lowest BCUT2D eigenvalue weighted by molar-refractivity contribution is -0.386. The van der Waals surface area contributed by atoms with Crippen LogP contribution in [0, 0.1) is 17.0 Å². The molecule has 1 N–H and O–H groups in total. The summed E-state index contributed by atoms with van der Waals surface area (Å²) in [6.07, 6.45) is 5.29. The first-order chi connectivity index (χ1) is 9.99. The summed E-state index contributed by atoms with van der Waals surface area (Å²) >= 11 is 0. The van der Waals surface area contributed by atoms with Crippen LogP contribution >= 0.6 is 0 Å². The molecule has 1 amide bonds. The van der Waals surface area contributed by atoms with Crippen LogP contribution in [0.4, 0.5) is 5.69 Å². The first-order valence-corrected chi connectivity index (χ1v) is 7.13. The van der Waals surface area contributed by atoms with Crippen LogP contribution in [-0.2, 0) is 11.3 Å². The van der Waals surface area contributed by atoms with Crippen molar-refractivity contribution in [1.29, 1.82) is 0 Å². The van der Waals surface area contributed by atoms with Crippen molar-refractivity contribution in [1.82, 2.24) is 9.88 Å². The van der Waals surface area contributed by atoms with Crippen LogP contribution in [0.5, 0.6) is 0 Å². The summed E-state index contributed by atoms with van der Waals surface area (Å²) in [4.78, 5) is 34.1. The molecule has 114 valence electrons. The van der Waals surface area contributed by atoms with Crippen molar-refractivity contribution in [2.24, 2.45) is 0 Å². The molecule has 7 heteroatoms. The minimum Gasteiger partial charge on any atom is -0.352 e. The van der Waals surface area contributed by atoms with E-state index >= 15 is 0 Å². The second-order valence-corrected chi connectivity index (χ2v) is 5.41. The number of pyridine rings is 1. The van der Waals surface area contributed by atoms with Gasteiger partial charge in [0, 0.05) is 17.8 Å². The predicted molar refractivity (Wildman–Crippen MR) is 77.1 cm³/mol. The molecular formula is C14H19N3O4. The normalized spacial score (nSPS) is 15.7. The van der Waals surface area contributed by atoms with Gasteiger partial charge in [0.2, 0.25) is 5.91 Å². The number of hydrogen-bond donors (Lipinski definition) is 1. The second-order valence-electron chi connectivity index (χ2n) is 5.41. The summed E-state index contributed by atoms with van der Waals surface area (Å²) in [5.74, 6) is -0.271. The van der Waals surface area contributed by atoms with E-state index in [1.807, 2.05) is 0 Å². The van der Waals surface area contributed by atoms with E-state index in [9.17, 15) is 19.7 Å². The number of aromatic nitrogens is 1. The van der Waals surface area contributed by atoms with Gasteiger partial charge in [-0.05, 0) is 25.8 Å². The molecule has 2 rings (SSSR count). The summed E-state index contributed by atoms with van der Waals surface area (Å²) in [7, 11) is 0. The van der Waals surface area contributed by atoms with Gasteiger partial charge in [-0.1, -0.05) is 19.3 Å². The van der Waals surface area contributed by atoms with E-state index in [2.05, 4.69) is 5.32 Å². The van der Waals surface area contributed by atoms with E-state index in [4.69, 9.17) is 0 Å². The van der Waals surface area contributed by atoms with Gasteiger partial charge in [-0.3, -0.25) is 24.3 Å². The van der Waals surface area contributed by atoms with Crippen molar-refractivity contribution >= 4 is 11.6 Å². The first-order valence-electron chi connectivity index (χ1n) is 7.13. The highest BCUT2D eigenvalue weighted by Crippen LogP contribution is 2.17. The molecule has 0 saturated heterocycles. The number of aryl methyl sites for hydroxylation is 1. The van der Waals surface area contributed by atoms with E-state index in [1.54, 1.807) is 6.92 Å². The molecule has 21 heavy (non-hydrogen) atoms. The lowest BCUT2D eigenvalue weighted by Crippen LogP contribution is -2.40. The highest BCUT2D eigenvalue weighted by Gasteiger charge is 2.19. The van der Waals surface area contributed by atoms with E-state index < -0.39 is 16.2 Å². The average molecular weight is 293 g/mol. The summed E-state index contributed by atoms with van der Waals surface area (Å²) in [5.41, 5.74) is -0.714. The van der Waals surface area contributed by atoms with Crippen molar-refractivity contribution in [3.8, 4) is 0 Å². The summed E-state index contributed by atoms with van der Waals surface area (Å²) in [6.45, 7) is 1.47. The van der Waals surface area contributed by atoms with E-state index in [-0.39, 0.29) is 18.5 Å². The zero-order chi connectivity index (χ0) is 15.4. The molecule has 1 aromatic rings. The smallest absolute Gasteiger partial charge is 0.334 e. The summed E-state index contributed by atoms with van der Waals surface area (Å²) < 4.78 is 1.15. The molecular weight excluding hydrogens is 274 g/mol. The van der Waals surface area contributed by atoms with Gasteiger partial charge in [-0.15, -0.1) is 0 Å². The lowest BCUT2D eigenvalue weighted by atomic mass is 9.95. The molecule has 1 aromatic heterocycles. The number of hydrogen-bond acceptors (Lipinski definition) is 4. The summed E-state index contributed by atoms with van der Waals surface area (Å²) in [6, 6.07) is 2.81. The Morgan fingerprint density at radius 1 is 1.38 bits per heavy atom. The zero-order valence-electron chi connectivity index (χ0n) is 12.0. The molecule has 0 aromatic carbocycles. The van der Waals surface area contributed by atoms with Crippen LogP contribution < -0.4 is 10.9 Å². The third kappa shape index (κ3) is 3.68. The summed E-state index contributed by atoms with van der Waals surface area (Å²) in [5, 5.41) is 13.7. The molecule has 0 spiro atoms. The highest BCUT2D eigenvalue weighted by molar-refractivity contribution is 5.76. The number of carbonyl (C=O) groups excluding carboxylic acids is 1. The molecule has 0 aliphatic heterocycles. The van der Waals surface area contributed by atoms with E-state index in [0.29, 0.717) is 5.69 Å².